The average molecular weight is 502 g/mol. The zero-order valence-corrected chi connectivity index (χ0v) is 18.9. The van der Waals surface area contributed by atoms with Crippen LogP contribution in [0.4, 0.5) is 0 Å². The fourth-order valence-corrected chi connectivity index (χ4v) is 5.43. The molecule has 0 amide bonds. The molecule has 3 rings (SSSR count). The van der Waals surface area contributed by atoms with Gasteiger partial charge in [-0.2, -0.15) is 0 Å². The summed E-state index contributed by atoms with van der Waals surface area (Å²) in [7, 11) is -1.33. The minimum absolute atomic E-state index is 0.329. The number of aryl methyl sites for hydroxylation is 1. The lowest BCUT2D eigenvalue weighted by atomic mass is 9.78. The molecule has 3 aromatic rings. The highest BCUT2D eigenvalue weighted by atomic mass is 127. The SMILES string of the molecule is C=C(I)[C@@](O)(c1ccccc1)[C@@H](C)c1ccccc1S(=O)c1ccc(C)cc1. The van der Waals surface area contributed by atoms with E-state index in [1.165, 1.54) is 0 Å². The lowest BCUT2D eigenvalue weighted by Gasteiger charge is -2.35. The molecule has 0 fully saturated rings. The van der Waals surface area contributed by atoms with Crippen molar-refractivity contribution in [2.75, 3.05) is 0 Å². The molecule has 0 saturated carbocycles. The van der Waals surface area contributed by atoms with Crippen molar-refractivity contribution in [3.63, 3.8) is 0 Å². The smallest absolute Gasteiger partial charge is 0.126 e. The third-order valence-electron chi connectivity index (χ3n) is 5.07. The van der Waals surface area contributed by atoms with E-state index in [1.807, 2.05) is 92.7 Å². The summed E-state index contributed by atoms with van der Waals surface area (Å²) in [4.78, 5) is 1.47. The van der Waals surface area contributed by atoms with E-state index in [0.29, 0.717) is 8.48 Å². The lowest BCUT2D eigenvalue weighted by Crippen LogP contribution is -2.32. The molecule has 0 heterocycles. The van der Waals surface area contributed by atoms with Crippen molar-refractivity contribution in [2.45, 2.75) is 35.2 Å². The summed E-state index contributed by atoms with van der Waals surface area (Å²) in [5, 5.41) is 11.7. The zero-order valence-electron chi connectivity index (χ0n) is 15.9. The molecule has 4 heteroatoms. The lowest BCUT2D eigenvalue weighted by molar-refractivity contribution is 0.0614. The molecule has 3 atom stereocenters. The van der Waals surface area contributed by atoms with E-state index < -0.39 is 16.4 Å². The first-order valence-corrected chi connectivity index (χ1v) is 11.3. The molecule has 1 unspecified atom stereocenters. The predicted octanol–water partition coefficient (Wildman–Crippen LogP) is 6.10. The molecule has 0 aliphatic heterocycles. The molecule has 0 aromatic heterocycles. The highest BCUT2D eigenvalue weighted by molar-refractivity contribution is 14.1. The molecular weight excluding hydrogens is 479 g/mol. The average Bonchev–Trinajstić information content (AvgIpc) is 2.73. The first-order valence-electron chi connectivity index (χ1n) is 9.06. The molecule has 144 valence electrons. The molecule has 0 saturated heterocycles. The minimum atomic E-state index is -1.33. The van der Waals surface area contributed by atoms with E-state index in [9.17, 15) is 9.32 Å². The van der Waals surface area contributed by atoms with Crippen molar-refractivity contribution in [1.82, 2.24) is 0 Å². The number of halogens is 1. The summed E-state index contributed by atoms with van der Waals surface area (Å²) in [6.45, 7) is 8.02. The van der Waals surface area contributed by atoms with Gasteiger partial charge >= 0.3 is 0 Å². The monoisotopic (exact) mass is 502 g/mol. The van der Waals surface area contributed by atoms with Crippen molar-refractivity contribution in [3.05, 3.63) is 106 Å². The second-order valence-electron chi connectivity index (χ2n) is 6.88. The molecule has 1 N–H and O–H groups in total. The van der Waals surface area contributed by atoms with Crippen LogP contribution in [0.5, 0.6) is 0 Å². The van der Waals surface area contributed by atoms with Crippen LogP contribution < -0.4 is 0 Å². The summed E-state index contributed by atoms with van der Waals surface area (Å²) in [6, 6.07) is 24.9. The fraction of sp³-hybridized carbons (Fsp3) is 0.167. The Labute approximate surface area is 182 Å². The van der Waals surface area contributed by atoms with Gasteiger partial charge in [-0.3, -0.25) is 0 Å². The normalized spacial score (nSPS) is 15.4. The van der Waals surface area contributed by atoms with Crippen molar-refractivity contribution in [1.29, 1.82) is 0 Å². The molecule has 0 bridgehead atoms. The maximum atomic E-state index is 13.3. The Morgan fingerprint density at radius 3 is 2.18 bits per heavy atom. The van der Waals surface area contributed by atoms with Crippen molar-refractivity contribution < 1.29 is 9.32 Å². The fourth-order valence-electron chi connectivity index (χ4n) is 3.35. The quantitative estimate of drug-likeness (QED) is 0.414. The van der Waals surface area contributed by atoms with E-state index in [4.69, 9.17) is 0 Å². The third kappa shape index (κ3) is 4.00. The van der Waals surface area contributed by atoms with Crippen LogP contribution in [0.2, 0.25) is 0 Å². The molecule has 0 aliphatic rings. The van der Waals surface area contributed by atoms with Crippen LogP contribution in [-0.2, 0) is 16.4 Å². The van der Waals surface area contributed by atoms with Crippen LogP contribution in [0.1, 0.15) is 29.5 Å². The van der Waals surface area contributed by atoms with E-state index in [-0.39, 0.29) is 5.92 Å². The Balaban J connectivity index is 2.09. The van der Waals surface area contributed by atoms with E-state index >= 15 is 0 Å². The van der Waals surface area contributed by atoms with Crippen molar-refractivity contribution in [2.24, 2.45) is 0 Å². The van der Waals surface area contributed by atoms with Crippen LogP contribution in [0.3, 0.4) is 0 Å². The Morgan fingerprint density at radius 1 is 1.00 bits per heavy atom. The number of hydrogen-bond acceptors (Lipinski definition) is 2. The van der Waals surface area contributed by atoms with Crippen molar-refractivity contribution >= 4 is 33.4 Å². The summed E-state index contributed by atoms with van der Waals surface area (Å²) >= 11 is 2.09. The van der Waals surface area contributed by atoms with Crippen LogP contribution in [0.25, 0.3) is 0 Å². The van der Waals surface area contributed by atoms with E-state index in [1.54, 1.807) is 0 Å². The largest absolute Gasteiger partial charge is 0.379 e. The van der Waals surface area contributed by atoms with Crippen LogP contribution in [0.15, 0.2) is 98.8 Å². The van der Waals surface area contributed by atoms with Gasteiger partial charge in [0.15, 0.2) is 0 Å². The van der Waals surface area contributed by atoms with Crippen LogP contribution >= 0.6 is 22.6 Å². The number of benzene rings is 3. The molecule has 2 nitrogen and oxygen atoms in total. The second kappa shape index (κ2) is 8.72. The van der Waals surface area contributed by atoms with Gasteiger partial charge in [-0.25, -0.2) is 4.21 Å². The van der Waals surface area contributed by atoms with E-state index in [0.717, 1.165) is 21.6 Å². The maximum absolute atomic E-state index is 13.3. The molecule has 0 aliphatic carbocycles. The molecule has 28 heavy (non-hydrogen) atoms. The zero-order chi connectivity index (χ0) is 20.3. The standard InChI is InChI=1S/C24H23IO2S/c1-17-13-15-21(16-14-17)28(27)23-12-8-7-11-22(23)18(2)24(26,19(3)25)20-9-5-4-6-10-20/h4-16,18,26H,3H2,1-2H3/t18-,24+,28?/m0/s1. The molecular formula is C24H23IO2S. The van der Waals surface area contributed by atoms with Gasteiger partial charge in [-0.15, -0.1) is 0 Å². The summed E-state index contributed by atoms with van der Waals surface area (Å²) in [5.41, 5.74) is 1.49. The van der Waals surface area contributed by atoms with E-state index in [2.05, 4.69) is 29.2 Å². The third-order valence-corrected chi connectivity index (χ3v) is 7.37. The molecule has 3 aromatic carbocycles. The van der Waals surface area contributed by atoms with Crippen molar-refractivity contribution in [3.8, 4) is 0 Å². The summed E-state index contributed by atoms with van der Waals surface area (Å²) in [5.74, 6) is -0.329. The maximum Gasteiger partial charge on any atom is 0.126 e. The second-order valence-corrected chi connectivity index (χ2v) is 9.63. The Kier molecular flexibility index (Phi) is 6.53. The van der Waals surface area contributed by atoms with Crippen LogP contribution in [-0.4, -0.2) is 9.32 Å². The molecule has 0 radical (unpaired) electrons. The van der Waals surface area contributed by atoms with Gasteiger partial charge in [-0.1, -0.05) is 79.7 Å². The van der Waals surface area contributed by atoms with Gasteiger partial charge in [0.25, 0.3) is 0 Å². The Morgan fingerprint density at radius 2 is 1.57 bits per heavy atom. The highest BCUT2D eigenvalue weighted by Crippen LogP contribution is 2.45. The number of aliphatic hydroxyl groups is 1. The predicted molar refractivity (Wildman–Crippen MR) is 124 cm³/mol. The summed E-state index contributed by atoms with van der Waals surface area (Å²) < 4.78 is 13.9. The topological polar surface area (TPSA) is 37.3 Å². The first-order chi connectivity index (χ1) is 13.4. The number of rotatable bonds is 6. The molecule has 0 spiro atoms. The number of hydrogen-bond donors (Lipinski definition) is 1. The van der Waals surface area contributed by atoms with Gasteiger partial charge < -0.3 is 5.11 Å². The minimum Gasteiger partial charge on any atom is -0.379 e. The van der Waals surface area contributed by atoms with Gasteiger partial charge in [0.2, 0.25) is 0 Å². The van der Waals surface area contributed by atoms with Gasteiger partial charge in [0.1, 0.15) is 5.60 Å². The van der Waals surface area contributed by atoms with Gasteiger partial charge in [-0.05, 0) is 58.8 Å². The Hall–Kier alpha value is -1.76. The highest BCUT2D eigenvalue weighted by Gasteiger charge is 2.39. The summed E-state index contributed by atoms with van der Waals surface area (Å²) in [6.07, 6.45) is 0. The van der Waals surface area contributed by atoms with Gasteiger partial charge in [0.05, 0.1) is 10.8 Å². The Bertz CT molecular complexity index is 999. The van der Waals surface area contributed by atoms with Crippen LogP contribution in [0, 0.1) is 6.92 Å². The van der Waals surface area contributed by atoms with Gasteiger partial charge in [0, 0.05) is 19.3 Å². The first kappa shape index (κ1) is 21.0.